The van der Waals surface area contributed by atoms with Crippen LogP contribution in [0.15, 0.2) is 78.4 Å². The Balaban J connectivity index is 1.52. The molecule has 8 heteroatoms. The molecular weight excluding hydrogens is 523 g/mol. The highest BCUT2D eigenvalue weighted by atomic mass is 35.5. The molecule has 2 aromatic heterocycles. The molecule has 170 valence electrons. The third kappa shape index (κ3) is 3.72. The fraction of sp³-hybridized carbons (Fsp3) is 0. The minimum Gasteiger partial charge on any atom is -0.294 e. The Morgan fingerprint density at radius 1 is 0.800 bits per heavy atom. The standard InChI is InChI=1S/C27H13Cl3N2O2S/c28-15-8-6-14(7-9-15)27-31-26-23(35-27)11-17(32(26)16-4-2-1-3-5-16)10-20-24(33)18-12-21(29)22(30)13-19(18)25(20)34/h1-13H. The molecule has 0 spiro atoms. The summed E-state index contributed by atoms with van der Waals surface area (Å²) in [6, 6.07) is 22.1. The van der Waals surface area contributed by atoms with Crippen molar-refractivity contribution in [1.29, 1.82) is 0 Å². The number of halogens is 3. The van der Waals surface area contributed by atoms with Gasteiger partial charge in [-0.2, -0.15) is 0 Å². The lowest BCUT2D eigenvalue weighted by atomic mass is 10.1. The van der Waals surface area contributed by atoms with E-state index in [0.29, 0.717) is 10.7 Å². The third-order valence-corrected chi connectivity index (χ3v) is 7.83. The first-order valence-electron chi connectivity index (χ1n) is 10.5. The molecule has 0 bridgehead atoms. The number of carbonyl (C=O) groups is 2. The Hall–Kier alpha value is -3.22. The molecule has 2 heterocycles. The van der Waals surface area contributed by atoms with E-state index < -0.39 is 0 Å². The van der Waals surface area contributed by atoms with Crippen molar-refractivity contribution >= 4 is 74.1 Å². The van der Waals surface area contributed by atoms with Gasteiger partial charge in [-0.3, -0.25) is 14.2 Å². The fourth-order valence-electron chi connectivity index (χ4n) is 4.16. The summed E-state index contributed by atoms with van der Waals surface area (Å²) in [5.74, 6) is -0.745. The first-order chi connectivity index (χ1) is 16.9. The van der Waals surface area contributed by atoms with Gasteiger partial charge in [0.05, 0.1) is 26.0 Å². The van der Waals surface area contributed by atoms with Gasteiger partial charge in [-0.15, -0.1) is 11.3 Å². The minimum absolute atomic E-state index is 0.0681. The van der Waals surface area contributed by atoms with Gasteiger partial charge in [0, 0.05) is 27.4 Å². The molecular formula is C27H13Cl3N2O2S. The van der Waals surface area contributed by atoms with E-state index in [1.807, 2.05) is 65.2 Å². The largest absolute Gasteiger partial charge is 0.294 e. The third-order valence-electron chi connectivity index (χ3n) is 5.82. The maximum Gasteiger partial charge on any atom is 0.197 e. The van der Waals surface area contributed by atoms with Gasteiger partial charge in [0.1, 0.15) is 5.01 Å². The summed E-state index contributed by atoms with van der Waals surface area (Å²) in [6.07, 6.45) is 1.62. The number of nitrogens with zero attached hydrogens (tertiary/aromatic N) is 2. The number of hydrogen-bond donors (Lipinski definition) is 0. The number of benzene rings is 3. The molecule has 0 unspecified atom stereocenters. The Morgan fingerprint density at radius 3 is 2.06 bits per heavy atom. The maximum atomic E-state index is 13.1. The molecule has 4 nitrogen and oxygen atoms in total. The van der Waals surface area contributed by atoms with Crippen LogP contribution in [0.2, 0.25) is 15.1 Å². The Bertz CT molecular complexity index is 1660. The second-order valence-electron chi connectivity index (χ2n) is 7.98. The predicted octanol–water partition coefficient (Wildman–Crippen LogP) is 8.18. The van der Waals surface area contributed by atoms with Gasteiger partial charge >= 0.3 is 0 Å². The number of thiazole rings is 1. The second-order valence-corrected chi connectivity index (χ2v) is 10.3. The number of Topliss-reactive ketones (excluding diaryl/α,β-unsaturated/α-hetero) is 2. The van der Waals surface area contributed by atoms with Crippen molar-refractivity contribution in [2.75, 3.05) is 0 Å². The molecule has 0 radical (unpaired) electrons. The number of aromatic nitrogens is 2. The molecule has 0 atom stereocenters. The van der Waals surface area contributed by atoms with E-state index in [1.165, 1.54) is 23.5 Å². The van der Waals surface area contributed by atoms with Crippen molar-refractivity contribution in [3.63, 3.8) is 0 Å². The zero-order valence-electron chi connectivity index (χ0n) is 17.8. The first kappa shape index (κ1) is 22.3. The molecule has 5 aromatic rings. The van der Waals surface area contributed by atoms with Crippen molar-refractivity contribution in [3.05, 3.63) is 110 Å². The minimum atomic E-state index is -0.373. The van der Waals surface area contributed by atoms with Crippen LogP contribution < -0.4 is 0 Å². The van der Waals surface area contributed by atoms with Crippen LogP contribution in [-0.2, 0) is 0 Å². The highest BCUT2D eigenvalue weighted by molar-refractivity contribution is 7.21. The second kappa shape index (κ2) is 8.47. The number of rotatable bonds is 3. The van der Waals surface area contributed by atoms with Gasteiger partial charge in [-0.1, -0.05) is 65.1 Å². The quantitative estimate of drug-likeness (QED) is 0.173. The molecule has 6 rings (SSSR count). The monoisotopic (exact) mass is 534 g/mol. The number of fused-ring (bicyclic) bond motifs is 2. The van der Waals surface area contributed by atoms with Gasteiger partial charge in [0.25, 0.3) is 0 Å². The smallest absolute Gasteiger partial charge is 0.197 e. The summed E-state index contributed by atoms with van der Waals surface area (Å²) in [5, 5.41) is 1.98. The lowest BCUT2D eigenvalue weighted by Gasteiger charge is -2.07. The summed E-state index contributed by atoms with van der Waals surface area (Å²) < 4.78 is 2.87. The van der Waals surface area contributed by atoms with Crippen molar-refractivity contribution in [2.24, 2.45) is 0 Å². The Kier molecular flexibility index (Phi) is 5.38. The van der Waals surface area contributed by atoms with E-state index in [2.05, 4.69) is 0 Å². The molecule has 0 aliphatic heterocycles. The topological polar surface area (TPSA) is 52.0 Å². The van der Waals surface area contributed by atoms with E-state index in [0.717, 1.165) is 26.6 Å². The molecule has 1 aliphatic carbocycles. The van der Waals surface area contributed by atoms with Crippen LogP contribution in [0.5, 0.6) is 0 Å². The number of carbonyl (C=O) groups excluding carboxylic acids is 2. The van der Waals surface area contributed by atoms with E-state index in [1.54, 1.807) is 6.08 Å². The van der Waals surface area contributed by atoms with Gasteiger partial charge in [0.15, 0.2) is 17.2 Å². The number of ketones is 2. The van der Waals surface area contributed by atoms with Crippen LogP contribution in [0.25, 0.3) is 32.7 Å². The lowest BCUT2D eigenvalue weighted by Crippen LogP contribution is -2.03. The van der Waals surface area contributed by atoms with Gasteiger partial charge in [0.2, 0.25) is 0 Å². The Morgan fingerprint density at radius 2 is 1.43 bits per heavy atom. The van der Waals surface area contributed by atoms with Crippen molar-refractivity contribution in [3.8, 4) is 16.3 Å². The summed E-state index contributed by atoms with van der Waals surface area (Å²) in [7, 11) is 0. The average Bonchev–Trinajstić information content (AvgIpc) is 3.47. The Labute approximate surface area is 219 Å². The molecule has 1 aliphatic rings. The molecule has 0 N–H and O–H groups in total. The molecule has 35 heavy (non-hydrogen) atoms. The molecule has 3 aromatic carbocycles. The maximum absolute atomic E-state index is 13.1. The summed E-state index contributed by atoms with van der Waals surface area (Å²) in [4.78, 5) is 31.1. The van der Waals surface area contributed by atoms with Gasteiger partial charge < -0.3 is 0 Å². The normalized spacial score (nSPS) is 13.1. The average molecular weight is 536 g/mol. The van der Waals surface area contributed by atoms with Crippen molar-refractivity contribution < 1.29 is 9.59 Å². The number of allylic oxidation sites excluding steroid dienone is 1. The van der Waals surface area contributed by atoms with E-state index >= 15 is 0 Å². The van der Waals surface area contributed by atoms with Crippen molar-refractivity contribution in [2.45, 2.75) is 0 Å². The van der Waals surface area contributed by atoms with Gasteiger partial charge in [-0.05, 0) is 48.5 Å². The van der Waals surface area contributed by atoms with Crippen LogP contribution in [0.4, 0.5) is 0 Å². The van der Waals surface area contributed by atoms with Crippen LogP contribution in [-0.4, -0.2) is 21.1 Å². The lowest BCUT2D eigenvalue weighted by molar-refractivity contribution is 0.0990. The number of hydrogen-bond acceptors (Lipinski definition) is 4. The van der Waals surface area contributed by atoms with Crippen LogP contribution >= 0.6 is 46.1 Å². The van der Waals surface area contributed by atoms with Crippen molar-refractivity contribution in [1.82, 2.24) is 9.55 Å². The highest BCUT2D eigenvalue weighted by Crippen LogP contribution is 2.37. The van der Waals surface area contributed by atoms with Crippen LogP contribution in [0.1, 0.15) is 26.4 Å². The molecule has 0 saturated carbocycles. The SMILES string of the molecule is O=C1C(=Cc2cc3sc(-c4ccc(Cl)cc4)nc3n2-c2ccccc2)C(=O)c2cc(Cl)c(Cl)cc21. The fourth-order valence-corrected chi connectivity index (χ4v) is 5.62. The molecule has 0 fully saturated rings. The van der Waals surface area contributed by atoms with E-state index in [9.17, 15) is 9.59 Å². The van der Waals surface area contributed by atoms with E-state index in [4.69, 9.17) is 39.8 Å². The van der Waals surface area contributed by atoms with Crippen LogP contribution in [0, 0.1) is 0 Å². The zero-order chi connectivity index (χ0) is 24.3. The summed E-state index contributed by atoms with van der Waals surface area (Å²) in [6.45, 7) is 0. The summed E-state index contributed by atoms with van der Waals surface area (Å²) >= 11 is 19.8. The molecule has 0 saturated heterocycles. The highest BCUT2D eigenvalue weighted by Gasteiger charge is 2.34. The van der Waals surface area contributed by atoms with E-state index in [-0.39, 0.29) is 38.3 Å². The van der Waals surface area contributed by atoms with Crippen LogP contribution in [0.3, 0.4) is 0 Å². The first-order valence-corrected chi connectivity index (χ1v) is 12.5. The molecule has 0 amide bonds. The predicted molar refractivity (Wildman–Crippen MR) is 142 cm³/mol. The summed E-state index contributed by atoms with van der Waals surface area (Å²) in [5.41, 5.74) is 3.83. The van der Waals surface area contributed by atoms with Gasteiger partial charge in [-0.25, -0.2) is 4.98 Å². The zero-order valence-corrected chi connectivity index (χ0v) is 20.8. The number of para-hydroxylation sites is 1.